The minimum atomic E-state index is 0.699. The zero-order chi connectivity index (χ0) is 16.1. The van der Waals surface area contributed by atoms with Gasteiger partial charge in [-0.05, 0) is 44.8 Å². The van der Waals surface area contributed by atoms with Gasteiger partial charge in [0.2, 0.25) is 0 Å². The van der Waals surface area contributed by atoms with Crippen molar-refractivity contribution in [1.29, 1.82) is 0 Å². The molecule has 0 radical (unpaired) electrons. The zero-order valence-corrected chi connectivity index (χ0v) is 15.0. The number of nitrogens with one attached hydrogen (secondary N) is 1. The topological polar surface area (TPSA) is 55.1 Å². The summed E-state index contributed by atoms with van der Waals surface area (Å²) >= 11 is 3.59. The van der Waals surface area contributed by atoms with Crippen molar-refractivity contribution in [1.82, 2.24) is 24.7 Å². The van der Waals surface area contributed by atoms with E-state index in [4.69, 9.17) is 4.98 Å². The van der Waals surface area contributed by atoms with Gasteiger partial charge in [-0.2, -0.15) is 0 Å². The molecule has 5 nitrogen and oxygen atoms in total. The highest BCUT2D eigenvalue weighted by molar-refractivity contribution is 7.28. The molecule has 0 spiro atoms. The van der Waals surface area contributed by atoms with Gasteiger partial charge < -0.3 is 9.72 Å². The monoisotopic (exact) mass is 355 g/mol. The molecule has 0 atom stereocenters. The van der Waals surface area contributed by atoms with Crippen LogP contribution in [0.2, 0.25) is 0 Å². The Bertz CT molecular complexity index is 991. The van der Waals surface area contributed by atoms with Crippen LogP contribution in [0.25, 0.3) is 25.9 Å². The van der Waals surface area contributed by atoms with E-state index < -0.39 is 0 Å². The number of nitrogens with zero attached hydrogens (tertiary/aromatic N) is 4. The SMILES string of the molecule is Cc1cn2cc(-c3nc4sc(C5CCNCC5)cc4s3)ncc2n1. The van der Waals surface area contributed by atoms with Gasteiger partial charge in [-0.1, -0.05) is 0 Å². The molecule has 1 N–H and O–H groups in total. The second-order valence-electron chi connectivity index (χ2n) is 6.28. The van der Waals surface area contributed by atoms with Crippen LogP contribution >= 0.6 is 22.7 Å². The minimum absolute atomic E-state index is 0.699. The number of hydrogen-bond acceptors (Lipinski definition) is 6. The van der Waals surface area contributed by atoms with Crippen LogP contribution in [0.4, 0.5) is 0 Å². The molecule has 0 aliphatic carbocycles. The number of piperidine rings is 1. The number of imidazole rings is 1. The van der Waals surface area contributed by atoms with Gasteiger partial charge in [0.15, 0.2) is 5.65 Å². The fraction of sp³-hybridized carbons (Fsp3) is 0.353. The van der Waals surface area contributed by atoms with Crippen molar-refractivity contribution in [2.75, 3.05) is 13.1 Å². The third kappa shape index (κ3) is 2.44. The van der Waals surface area contributed by atoms with E-state index in [0.29, 0.717) is 5.92 Å². The fourth-order valence-corrected chi connectivity index (χ4v) is 5.66. The number of aryl methyl sites for hydroxylation is 1. The van der Waals surface area contributed by atoms with Crippen LogP contribution in [0.3, 0.4) is 0 Å². The number of rotatable bonds is 2. The van der Waals surface area contributed by atoms with Crippen LogP contribution in [-0.4, -0.2) is 32.4 Å². The number of thiazole rings is 1. The normalized spacial score (nSPS) is 16.4. The Morgan fingerprint density at radius 3 is 2.88 bits per heavy atom. The maximum atomic E-state index is 4.84. The van der Waals surface area contributed by atoms with E-state index in [2.05, 4.69) is 21.4 Å². The predicted octanol–water partition coefficient (Wildman–Crippen LogP) is 3.84. The molecule has 0 bridgehead atoms. The Labute approximate surface area is 147 Å². The summed E-state index contributed by atoms with van der Waals surface area (Å²) in [5.41, 5.74) is 2.79. The van der Waals surface area contributed by atoms with Crippen molar-refractivity contribution >= 4 is 37.9 Å². The Morgan fingerprint density at radius 1 is 1.17 bits per heavy atom. The molecule has 1 saturated heterocycles. The molecule has 122 valence electrons. The number of thiophene rings is 1. The molecule has 0 saturated carbocycles. The summed E-state index contributed by atoms with van der Waals surface area (Å²) in [5.74, 6) is 0.699. The third-order valence-electron chi connectivity index (χ3n) is 4.53. The molecule has 0 aromatic carbocycles. The van der Waals surface area contributed by atoms with Crippen LogP contribution in [0.5, 0.6) is 0 Å². The molecule has 1 aliphatic heterocycles. The van der Waals surface area contributed by atoms with Gasteiger partial charge in [0.05, 0.1) is 16.6 Å². The van der Waals surface area contributed by atoms with Crippen LogP contribution in [0.15, 0.2) is 24.7 Å². The second-order valence-corrected chi connectivity index (χ2v) is 8.37. The quantitative estimate of drug-likeness (QED) is 0.593. The number of hydrogen-bond donors (Lipinski definition) is 1. The van der Waals surface area contributed by atoms with Gasteiger partial charge in [-0.15, -0.1) is 22.7 Å². The maximum Gasteiger partial charge on any atom is 0.155 e. The smallest absolute Gasteiger partial charge is 0.155 e. The Hall–Kier alpha value is -1.83. The van der Waals surface area contributed by atoms with Gasteiger partial charge in [-0.25, -0.2) is 15.0 Å². The summed E-state index contributed by atoms with van der Waals surface area (Å²) in [5, 5.41) is 4.42. The van der Waals surface area contributed by atoms with Gasteiger partial charge in [0.25, 0.3) is 0 Å². The molecule has 0 unspecified atom stereocenters. The van der Waals surface area contributed by atoms with Crippen LogP contribution in [-0.2, 0) is 0 Å². The van der Waals surface area contributed by atoms with Crippen molar-refractivity contribution in [3.8, 4) is 10.7 Å². The maximum absolute atomic E-state index is 4.84. The molecule has 1 aliphatic rings. The summed E-state index contributed by atoms with van der Waals surface area (Å²) < 4.78 is 3.31. The largest absolute Gasteiger partial charge is 0.317 e. The highest BCUT2D eigenvalue weighted by Crippen LogP contribution is 2.39. The molecule has 1 fully saturated rings. The van der Waals surface area contributed by atoms with E-state index in [1.165, 1.54) is 22.4 Å². The Morgan fingerprint density at radius 2 is 2.04 bits per heavy atom. The molecular formula is C17H17N5S2. The van der Waals surface area contributed by atoms with Gasteiger partial charge in [-0.3, -0.25) is 0 Å². The average Bonchev–Trinajstić information content (AvgIpc) is 3.26. The first-order chi connectivity index (χ1) is 11.8. The molecule has 5 heterocycles. The molecular weight excluding hydrogens is 338 g/mol. The Kier molecular flexibility index (Phi) is 3.39. The lowest BCUT2D eigenvalue weighted by molar-refractivity contribution is 0.465. The van der Waals surface area contributed by atoms with Crippen LogP contribution < -0.4 is 5.32 Å². The van der Waals surface area contributed by atoms with E-state index in [-0.39, 0.29) is 0 Å². The van der Waals surface area contributed by atoms with Crippen molar-refractivity contribution in [3.05, 3.63) is 35.2 Å². The summed E-state index contributed by atoms with van der Waals surface area (Å²) in [4.78, 5) is 16.4. The first kappa shape index (κ1) is 14.5. The first-order valence-electron chi connectivity index (χ1n) is 8.19. The second kappa shape index (κ2) is 5.61. The van der Waals surface area contributed by atoms with E-state index in [1.807, 2.05) is 41.3 Å². The van der Waals surface area contributed by atoms with Crippen molar-refractivity contribution in [2.45, 2.75) is 25.7 Å². The minimum Gasteiger partial charge on any atom is -0.317 e. The van der Waals surface area contributed by atoms with Gasteiger partial charge in [0.1, 0.15) is 15.5 Å². The molecule has 4 aromatic rings. The molecule has 5 rings (SSSR count). The lowest BCUT2D eigenvalue weighted by Gasteiger charge is -2.21. The summed E-state index contributed by atoms with van der Waals surface area (Å²) in [6.07, 6.45) is 8.33. The predicted molar refractivity (Wildman–Crippen MR) is 99.1 cm³/mol. The third-order valence-corrected chi connectivity index (χ3v) is 6.88. The lowest BCUT2D eigenvalue weighted by Crippen LogP contribution is -2.26. The summed E-state index contributed by atoms with van der Waals surface area (Å²) in [7, 11) is 0. The Balaban J connectivity index is 1.51. The zero-order valence-electron chi connectivity index (χ0n) is 13.3. The van der Waals surface area contributed by atoms with Gasteiger partial charge in [0, 0.05) is 17.3 Å². The van der Waals surface area contributed by atoms with Crippen molar-refractivity contribution in [3.63, 3.8) is 0 Å². The standard InChI is InChI=1S/C17H17N5S2/c1-10-8-22-9-12(19-7-15(22)20-10)16-21-17-14(24-16)6-13(23-17)11-2-4-18-5-3-11/h6-9,11,18H,2-5H2,1H3. The molecule has 7 heteroatoms. The molecule has 0 amide bonds. The first-order valence-corrected chi connectivity index (χ1v) is 9.82. The highest BCUT2D eigenvalue weighted by atomic mass is 32.1. The molecule has 24 heavy (non-hydrogen) atoms. The lowest BCUT2D eigenvalue weighted by atomic mass is 9.97. The highest BCUT2D eigenvalue weighted by Gasteiger charge is 2.19. The van der Waals surface area contributed by atoms with E-state index in [1.54, 1.807) is 11.3 Å². The van der Waals surface area contributed by atoms with E-state index >= 15 is 0 Å². The summed E-state index contributed by atoms with van der Waals surface area (Å²) in [6, 6.07) is 2.34. The average molecular weight is 355 g/mol. The number of fused-ring (bicyclic) bond motifs is 2. The van der Waals surface area contributed by atoms with Crippen LogP contribution in [0, 0.1) is 6.92 Å². The summed E-state index contributed by atoms with van der Waals surface area (Å²) in [6.45, 7) is 4.25. The van der Waals surface area contributed by atoms with E-state index in [0.717, 1.165) is 40.0 Å². The van der Waals surface area contributed by atoms with Crippen molar-refractivity contribution in [2.24, 2.45) is 0 Å². The van der Waals surface area contributed by atoms with Crippen LogP contribution in [0.1, 0.15) is 29.3 Å². The van der Waals surface area contributed by atoms with Crippen molar-refractivity contribution < 1.29 is 0 Å². The van der Waals surface area contributed by atoms with Gasteiger partial charge >= 0.3 is 0 Å². The van der Waals surface area contributed by atoms with E-state index in [9.17, 15) is 0 Å². The molecule has 4 aromatic heterocycles. The fourth-order valence-electron chi connectivity index (χ4n) is 3.31. The number of aromatic nitrogens is 4.